The standard InChI is InChI=1S/C16H23O4/c1-4-6-7-13(5-2)12-19-20-16(17)14-8-10-15(18-3)11-9-14/h8-13H,4-7H2,1-3H3. The van der Waals surface area contributed by atoms with Gasteiger partial charge in [-0.2, -0.15) is 4.89 Å². The van der Waals surface area contributed by atoms with Gasteiger partial charge in [0.25, 0.3) is 0 Å². The number of hydrogen-bond donors (Lipinski definition) is 0. The maximum atomic E-state index is 11.7. The minimum Gasteiger partial charge on any atom is -0.497 e. The number of carbonyl (C=O) groups is 1. The van der Waals surface area contributed by atoms with Gasteiger partial charge in [-0.25, -0.2) is 4.79 Å². The lowest BCUT2D eigenvalue weighted by Crippen LogP contribution is -2.09. The van der Waals surface area contributed by atoms with Gasteiger partial charge in [0.1, 0.15) is 12.4 Å². The van der Waals surface area contributed by atoms with Crippen molar-refractivity contribution in [3.63, 3.8) is 0 Å². The number of carbonyl (C=O) groups excluding carboxylic acids is 1. The topological polar surface area (TPSA) is 44.8 Å². The molecular weight excluding hydrogens is 256 g/mol. The molecule has 0 amide bonds. The van der Waals surface area contributed by atoms with E-state index in [0.717, 1.165) is 25.7 Å². The van der Waals surface area contributed by atoms with Crippen LogP contribution in [-0.4, -0.2) is 13.1 Å². The summed E-state index contributed by atoms with van der Waals surface area (Å²) in [6.45, 7) is 5.85. The molecule has 0 saturated heterocycles. The van der Waals surface area contributed by atoms with E-state index in [-0.39, 0.29) is 0 Å². The van der Waals surface area contributed by atoms with Crippen LogP contribution >= 0.6 is 0 Å². The van der Waals surface area contributed by atoms with Crippen LogP contribution in [0.1, 0.15) is 49.9 Å². The van der Waals surface area contributed by atoms with E-state index < -0.39 is 5.97 Å². The Morgan fingerprint density at radius 2 is 1.95 bits per heavy atom. The summed E-state index contributed by atoms with van der Waals surface area (Å²) < 4.78 is 5.02. The number of rotatable bonds is 9. The number of ether oxygens (including phenoxy) is 1. The lowest BCUT2D eigenvalue weighted by molar-refractivity contribution is -0.219. The summed E-state index contributed by atoms with van der Waals surface area (Å²) in [5.74, 6) is 0.507. The van der Waals surface area contributed by atoms with E-state index in [1.165, 1.54) is 0 Å². The normalized spacial score (nSPS) is 11.9. The smallest absolute Gasteiger partial charge is 0.373 e. The molecule has 0 fully saturated rings. The van der Waals surface area contributed by atoms with Crippen LogP contribution in [-0.2, 0) is 9.78 Å². The molecule has 1 rings (SSSR count). The summed E-state index contributed by atoms with van der Waals surface area (Å²) in [7, 11) is 1.58. The number of methoxy groups -OCH3 is 1. The molecule has 0 heterocycles. The first-order chi connectivity index (χ1) is 9.71. The molecule has 0 spiro atoms. The molecular formula is C16H23O4. The average Bonchev–Trinajstić information content (AvgIpc) is 2.50. The van der Waals surface area contributed by atoms with Crippen molar-refractivity contribution in [3.05, 3.63) is 36.4 Å². The maximum absolute atomic E-state index is 11.7. The van der Waals surface area contributed by atoms with Crippen molar-refractivity contribution in [2.24, 2.45) is 5.92 Å². The molecule has 111 valence electrons. The van der Waals surface area contributed by atoms with E-state index in [0.29, 0.717) is 17.2 Å². The number of benzene rings is 1. The molecule has 0 saturated carbocycles. The Morgan fingerprint density at radius 1 is 1.25 bits per heavy atom. The third-order valence-corrected chi connectivity index (χ3v) is 3.15. The van der Waals surface area contributed by atoms with Gasteiger partial charge in [0, 0.05) is 0 Å². The van der Waals surface area contributed by atoms with E-state index >= 15 is 0 Å². The Kier molecular flexibility index (Phi) is 7.73. The molecule has 1 unspecified atom stereocenters. The van der Waals surface area contributed by atoms with Crippen LogP contribution < -0.4 is 4.74 Å². The molecule has 1 atom stereocenters. The summed E-state index contributed by atoms with van der Waals surface area (Å²) in [5, 5.41) is 0. The summed E-state index contributed by atoms with van der Waals surface area (Å²) in [6, 6.07) is 6.69. The molecule has 0 aromatic heterocycles. The largest absolute Gasteiger partial charge is 0.497 e. The third kappa shape index (κ3) is 5.61. The van der Waals surface area contributed by atoms with Crippen LogP contribution in [0.5, 0.6) is 5.75 Å². The van der Waals surface area contributed by atoms with Gasteiger partial charge in [-0.05, 0) is 36.6 Å². The molecule has 4 heteroatoms. The van der Waals surface area contributed by atoms with Gasteiger partial charge < -0.3 is 4.74 Å². The fraction of sp³-hybridized carbons (Fsp3) is 0.500. The second kappa shape index (κ2) is 9.37. The number of hydrogen-bond acceptors (Lipinski definition) is 4. The molecule has 1 aromatic rings. The molecule has 0 aliphatic heterocycles. The zero-order valence-corrected chi connectivity index (χ0v) is 12.4. The predicted molar refractivity (Wildman–Crippen MR) is 77.1 cm³/mol. The fourth-order valence-electron chi connectivity index (χ4n) is 1.76. The highest BCUT2D eigenvalue weighted by molar-refractivity contribution is 5.89. The summed E-state index contributed by atoms with van der Waals surface area (Å²) in [4.78, 5) is 21.4. The zero-order valence-electron chi connectivity index (χ0n) is 12.4. The van der Waals surface area contributed by atoms with Crippen molar-refractivity contribution in [2.45, 2.75) is 39.5 Å². The van der Waals surface area contributed by atoms with E-state index in [2.05, 4.69) is 13.8 Å². The van der Waals surface area contributed by atoms with Crippen LogP contribution in [0.2, 0.25) is 0 Å². The quantitative estimate of drug-likeness (QED) is 0.503. The van der Waals surface area contributed by atoms with Gasteiger partial charge in [-0.15, -0.1) is 0 Å². The van der Waals surface area contributed by atoms with Gasteiger partial charge in [0.15, 0.2) is 0 Å². The zero-order chi connectivity index (χ0) is 14.8. The molecule has 0 bridgehead atoms. The second-order valence-electron chi connectivity index (χ2n) is 4.64. The second-order valence-corrected chi connectivity index (χ2v) is 4.64. The molecule has 0 aliphatic rings. The van der Waals surface area contributed by atoms with Crippen molar-refractivity contribution in [2.75, 3.05) is 7.11 Å². The van der Waals surface area contributed by atoms with Crippen molar-refractivity contribution in [1.82, 2.24) is 0 Å². The Bertz CT molecular complexity index is 386. The van der Waals surface area contributed by atoms with Crippen molar-refractivity contribution in [3.8, 4) is 5.75 Å². The molecule has 4 nitrogen and oxygen atoms in total. The van der Waals surface area contributed by atoms with Crippen LogP contribution in [0.3, 0.4) is 0 Å². The Hall–Kier alpha value is -1.55. The van der Waals surface area contributed by atoms with E-state index in [9.17, 15) is 4.79 Å². The molecule has 0 aliphatic carbocycles. The number of unbranched alkanes of at least 4 members (excludes halogenated alkanes) is 1. The van der Waals surface area contributed by atoms with E-state index in [1.54, 1.807) is 38.0 Å². The van der Waals surface area contributed by atoms with Crippen molar-refractivity contribution in [1.29, 1.82) is 0 Å². The van der Waals surface area contributed by atoms with Crippen LogP contribution in [0.15, 0.2) is 24.3 Å². The van der Waals surface area contributed by atoms with Crippen molar-refractivity contribution < 1.29 is 19.3 Å². The highest BCUT2D eigenvalue weighted by Crippen LogP contribution is 2.17. The van der Waals surface area contributed by atoms with Crippen molar-refractivity contribution >= 4 is 5.97 Å². The fourth-order valence-corrected chi connectivity index (χ4v) is 1.76. The first kappa shape index (κ1) is 16.5. The Morgan fingerprint density at radius 3 is 2.50 bits per heavy atom. The first-order valence-corrected chi connectivity index (χ1v) is 7.06. The monoisotopic (exact) mass is 279 g/mol. The minimum atomic E-state index is -0.505. The predicted octanol–water partition coefficient (Wildman–Crippen LogP) is 4.16. The van der Waals surface area contributed by atoms with Gasteiger partial charge in [-0.3, -0.25) is 4.89 Å². The van der Waals surface area contributed by atoms with E-state index in [4.69, 9.17) is 14.5 Å². The minimum absolute atomic E-state index is 0.318. The molecule has 1 aromatic carbocycles. The Labute approximate surface area is 121 Å². The molecule has 1 radical (unpaired) electrons. The average molecular weight is 279 g/mol. The van der Waals surface area contributed by atoms with Gasteiger partial charge >= 0.3 is 5.97 Å². The summed E-state index contributed by atoms with van der Waals surface area (Å²) in [5.41, 5.74) is 0.431. The molecule has 20 heavy (non-hydrogen) atoms. The maximum Gasteiger partial charge on any atom is 0.373 e. The Balaban J connectivity index is 2.34. The SMILES string of the molecule is CCCCC([CH]OOC(=O)c1ccc(OC)cc1)CC. The molecule has 0 N–H and O–H groups in total. The highest BCUT2D eigenvalue weighted by Gasteiger charge is 2.12. The van der Waals surface area contributed by atoms with Crippen LogP contribution in [0.4, 0.5) is 0 Å². The van der Waals surface area contributed by atoms with Gasteiger partial charge in [0.05, 0.1) is 12.7 Å². The van der Waals surface area contributed by atoms with Crippen LogP contribution in [0.25, 0.3) is 0 Å². The summed E-state index contributed by atoms with van der Waals surface area (Å²) >= 11 is 0. The highest BCUT2D eigenvalue weighted by atomic mass is 17.2. The lowest BCUT2D eigenvalue weighted by Gasteiger charge is -2.12. The summed E-state index contributed by atoms with van der Waals surface area (Å²) in [6.07, 6.45) is 4.31. The lowest BCUT2D eigenvalue weighted by atomic mass is 10.0. The van der Waals surface area contributed by atoms with Gasteiger partial charge in [0.2, 0.25) is 0 Å². The van der Waals surface area contributed by atoms with E-state index in [1.807, 2.05) is 0 Å². The first-order valence-electron chi connectivity index (χ1n) is 7.06. The van der Waals surface area contributed by atoms with Gasteiger partial charge in [-0.1, -0.05) is 33.1 Å². The van der Waals surface area contributed by atoms with Crippen LogP contribution in [0, 0.1) is 12.5 Å². The third-order valence-electron chi connectivity index (χ3n) is 3.15.